The molecule has 4 nitrogen and oxygen atoms in total. The second-order valence-electron chi connectivity index (χ2n) is 6.30. The highest BCUT2D eigenvalue weighted by Crippen LogP contribution is 2.43. The lowest BCUT2D eigenvalue weighted by atomic mass is 10.2. The smallest absolute Gasteiger partial charge is 0.416 e. The molecule has 0 atom stereocenters. The van der Waals surface area contributed by atoms with E-state index in [4.69, 9.17) is 0 Å². The Kier molecular flexibility index (Phi) is 5.57. The Labute approximate surface area is 182 Å². The summed E-state index contributed by atoms with van der Waals surface area (Å²) in [5.41, 5.74) is 0.0421. The number of fused-ring (bicyclic) bond motifs is 1. The molecule has 0 bridgehead atoms. The first-order valence-corrected chi connectivity index (χ1v) is 10.3. The third-order valence-electron chi connectivity index (χ3n) is 4.22. The number of aromatic hydroxyl groups is 1. The highest BCUT2D eigenvalue weighted by atomic mass is 79.9. The predicted octanol–water partition coefficient (Wildman–Crippen LogP) is 8.22. The lowest BCUT2D eigenvalue weighted by molar-refractivity contribution is -0.137. The van der Waals surface area contributed by atoms with E-state index >= 15 is 0 Å². The summed E-state index contributed by atoms with van der Waals surface area (Å²) in [6.45, 7) is 0. The molecule has 4 rings (SSSR count). The van der Waals surface area contributed by atoms with Crippen molar-refractivity contribution in [2.24, 2.45) is 10.2 Å². The number of nitrogens with zero attached hydrogens (tertiary/aromatic N) is 2. The molecule has 30 heavy (non-hydrogen) atoms. The molecular weight excluding hydrogens is 479 g/mol. The summed E-state index contributed by atoms with van der Waals surface area (Å²) in [6, 6.07) is 17.8. The largest absolute Gasteiger partial charge is 0.493 e. The maximum absolute atomic E-state index is 12.9. The van der Waals surface area contributed by atoms with Crippen molar-refractivity contribution in [1.82, 2.24) is 4.98 Å². The van der Waals surface area contributed by atoms with Gasteiger partial charge < -0.3 is 10.1 Å². The lowest BCUT2D eigenvalue weighted by Crippen LogP contribution is -2.03. The number of rotatable bonds is 4. The average Bonchev–Trinajstić information content (AvgIpc) is 3.04. The van der Waals surface area contributed by atoms with Crippen LogP contribution in [-0.2, 0) is 6.18 Å². The molecule has 0 aliphatic carbocycles. The minimum atomic E-state index is -4.47. The Hall–Kier alpha value is -2.78. The summed E-state index contributed by atoms with van der Waals surface area (Å²) in [5.74, 6) is -0.204. The first-order chi connectivity index (χ1) is 14.3. The fourth-order valence-electron chi connectivity index (χ4n) is 2.85. The van der Waals surface area contributed by atoms with E-state index in [-0.39, 0.29) is 17.3 Å². The summed E-state index contributed by atoms with van der Waals surface area (Å²) < 4.78 is 39.7. The van der Waals surface area contributed by atoms with Crippen molar-refractivity contribution in [3.63, 3.8) is 0 Å². The standard InChI is InChI=1S/C21H13BrF3N3OS/c22-13-7-9-15(10-8-13)30-17-6-2-5-16-18(17)19(20(29)26-16)28-27-14-4-1-3-12(11-14)21(23,24)25/h1-11,26,29H. The predicted molar refractivity (Wildman–Crippen MR) is 114 cm³/mol. The SMILES string of the molecule is Oc1[nH]c2cccc(Sc3ccc(Br)cc3)c2c1N=Nc1cccc(C(F)(F)F)c1. The molecule has 4 aromatic rings. The van der Waals surface area contributed by atoms with Gasteiger partial charge in [-0.1, -0.05) is 39.8 Å². The number of azo groups is 1. The van der Waals surface area contributed by atoms with Gasteiger partial charge in [-0.15, -0.1) is 5.11 Å². The van der Waals surface area contributed by atoms with Crippen molar-refractivity contribution >= 4 is 50.0 Å². The number of hydrogen-bond donors (Lipinski definition) is 2. The van der Waals surface area contributed by atoms with Crippen molar-refractivity contribution in [3.05, 3.63) is 76.8 Å². The van der Waals surface area contributed by atoms with E-state index in [0.717, 1.165) is 26.4 Å². The summed E-state index contributed by atoms with van der Waals surface area (Å²) in [6.07, 6.45) is -4.47. The molecule has 0 unspecified atom stereocenters. The van der Waals surface area contributed by atoms with Crippen molar-refractivity contribution in [1.29, 1.82) is 0 Å². The monoisotopic (exact) mass is 491 g/mol. The van der Waals surface area contributed by atoms with E-state index in [9.17, 15) is 18.3 Å². The third kappa shape index (κ3) is 4.36. The van der Waals surface area contributed by atoms with Gasteiger partial charge >= 0.3 is 6.18 Å². The van der Waals surface area contributed by atoms with Crippen molar-refractivity contribution in [3.8, 4) is 5.88 Å². The van der Waals surface area contributed by atoms with Gasteiger partial charge in [0.25, 0.3) is 0 Å². The van der Waals surface area contributed by atoms with Gasteiger partial charge in [-0.2, -0.15) is 18.3 Å². The van der Waals surface area contributed by atoms with Crippen LogP contribution in [0, 0.1) is 0 Å². The first-order valence-electron chi connectivity index (χ1n) is 8.67. The molecule has 0 spiro atoms. The van der Waals surface area contributed by atoms with Crippen LogP contribution >= 0.6 is 27.7 Å². The molecule has 9 heteroatoms. The van der Waals surface area contributed by atoms with E-state index < -0.39 is 11.7 Å². The number of nitrogens with one attached hydrogen (secondary N) is 1. The van der Waals surface area contributed by atoms with Crippen LogP contribution in [0.4, 0.5) is 24.5 Å². The summed E-state index contributed by atoms with van der Waals surface area (Å²) in [4.78, 5) is 4.64. The van der Waals surface area contributed by atoms with Crippen LogP contribution < -0.4 is 0 Å². The minimum Gasteiger partial charge on any atom is -0.493 e. The topological polar surface area (TPSA) is 60.7 Å². The van der Waals surface area contributed by atoms with Crippen LogP contribution in [0.3, 0.4) is 0 Å². The Morgan fingerprint density at radius 2 is 1.67 bits per heavy atom. The Balaban J connectivity index is 1.73. The van der Waals surface area contributed by atoms with Gasteiger partial charge in [-0.3, -0.25) is 0 Å². The number of H-pyrrole nitrogens is 1. The Morgan fingerprint density at radius 1 is 0.933 bits per heavy atom. The van der Waals surface area contributed by atoms with Crippen LogP contribution in [-0.4, -0.2) is 10.1 Å². The van der Waals surface area contributed by atoms with E-state index in [1.807, 2.05) is 36.4 Å². The molecule has 0 amide bonds. The highest BCUT2D eigenvalue weighted by molar-refractivity contribution is 9.10. The second kappa shape index (κ2) is 8.16. The normalized spacial score (nSPS) is 12.1. The molecule has 3 aromatic carbocycles. The molecule has 152 valence electrons. The molecule has 1 aromatic heterocycles. The van der Waals surface area contributed by atoms with Crippen molar-refractivity contribution in [2.45, 2.75) is 16.0 Å². The number of hydrogen-bond acceptors (Lipinski definition) is 4. The van der Waals surface area contributed by atoms with Crippen LogP contribution in [0.25, 0.3) is 10.9 Å². The number of aromatic nitrogens is 1. The summed E-state index contributed by atoms with van der Waals surface area (Å²) >= 11 is 4.88. The molecule has 2 N–H and O–H groups in total. The van der Waals surface area contributed by atoms with Gasteiger partial charge in [0.2, 0.25) is 5.88 Å². The molecule has 0 saturated carbocycles. The first kappa shape index (κ1) is 20.5. The fourth-order valence-corrected chi connectivity index (χ4v) is 4.09. The molecule has 0 aliphatic heterocycles. The number of alkyl halides is 3. The number of benzene rings is 3. The van der Waals surface area contributed by atoms with Gasteiger partial charge in [0.1, 0.15) is 0 Å². The zero-order chi connectivity index (χ0) is 21.3. The molecule has 0 saturated heterocycles. The van der Waals surface area contributed by atoms with Crippen molar-refractivity contribution in [2.75, 3.05) is 0 Å². The number of aromatic amines is 1. The maximum atomic E-state index is 12.9. The molecule has 0 aliphatic rings. The Morgan fingerprint density at radius 3 is 2.40 bits per heavy atom. The summed E-state index contributed by atoms with van der Waals surface area (Å²) in [5, 5.41) is 18.9. The third-order valence-corrected chi connectivity index (χ3v) is 5.82. The fraction of sp³-hybridized carbons (Fsp3) is 0.0476. The van der Waals surface area contributed by atoms with E-state index in [1.54, 1.807) is 6.07 Å². The Bertz CT molecular complexity index is 1240. The molecular formula is C21H13BrF3N3OS. The van der Waals surface area contributed by atoms with Gasteiger partial charge in [-0.05, 0) is 54.6 Å². The zero-order valence-electron chi connectivity index (χ0n) is 15.1. The van der Waals surface area contributed by atoms with Gasteiger partial charge in [0.15, 0.2) is 5.69 Å². The van der Waals surface area contributed by atoms with Crippen LogP contribution in [0.1, 0.15) is 5.56 Å². The zero-order valence-corrected chi connectivity index (χ0v) is 17.5. The van der Waals surface area contributed by atoms with Gasteiger partial charge in [0, 0.05) is 19.6 Å². The number of halogens is 4. The quantitative estimate of drug-likeness (QED) is 0.282. The summed E-state index contributed by atoms with van der Waals surface area (Å²) in [7, 11) is 0. The van der Waals surface area contributed by atoms with Gasteiger partial charge in [-0.25, -0.2) is 0 Å². The average molecular weight is 492 g/mol. The second-order valence-corrected chi connectivity index (χ2v) is 8.34. The van der Waals surface area contributed by atoms with Crippen LogP contribution in [0.2, 0.25) is 0 Å². The molecule has 0 fully saturated rings. The minimum absolute atomic E-state index is 0.0385. The molecule has 0 radical (unpaired) electrons. The highest BCUT2D eigenvalue weighted by Gasteiger charge is 2.30. The van der Waals surface area contributed by atoms with Crippen LogP contribution in [0.15, 0.2) is 91.2 Å². The van der Waals surface area contributed by atoms with Crippen molar-refractivity contribution < 1.29 is 18.3 Å². The van der Waals surface area contributed by atoms with Gasteiger partial charge in [0.05, 0.1) is 16.8 Å². The van der Waals surface area contributed by atoms with Crippen LogP contribution in [0.5, 0.6) is 5.88 Å². The maximum Gasteiger partial charge on any atom is 0.416 e. The van der Waals surface area contributed by atoms with E-state index in [2.05, 4.69) is 31.1 Å². The van der Waals surface area contributed by atoms with E-state index in [0.29, 0.717) is 10.9 Å². The lowest BCUT2D eigenvalue weighted by Gasteiger charge is -2.06. The molecule has 1 heterocycles. The van der Waals surface area contributed by atoms with E-state index in [1.165, 1.54) is 23.9 Å².